The predicted molar refractivity (Wildman–Crippen MR) is 129 cm³/mol. The van der Waals surface area contributed by atoms with Crippen LogP contribution in [0.2, 0.25) is 0 Å². The average Bonchev–Trinajstić information content (AvgIpc) is 3.42. The molecule has 3 aromatic carbocycles. The summed E-state index contributed by atoms with van der Waals surface area (Å²) in [4.78, 5) is 26.1. The summed E-state index contributed by atoms with van der Waals surface area (Å²) in [5, 5.41) is 16.2. The summed E-state index contributed by atoms with van der Waals surface area (Å²) in [7, 11) is 1.60. The topological polar surface area (TPSA) is 122 Å². The van der Waals surface area contributed by atoms with Crippen molar-refractivity contribution in [2.24, 2.45) is 5.73 Å². The van der Waals surface area contributed by atoms with Gasteiger partial charge in [0.2, 0.25) is 5.91 Å². The van der Waals surface area contributed by atoms with Crippen LogP contribution in [0.1, 0.15) is 11.6 Å². The van der Waals surface area contributed by atoms with E-state index in [0.717, 1.165) is 28.0 Å². The van der Waals surface area contributed by atoms with E-state index in [0.29, 0.717) is 11.3 Å². The van der Waals surface area contributed by atoms with Crippen molar-refractivity contribution in [2.75, 3.05) is 18.6 Å². The molecule has 0 bridgehead atoms. The summed E-state index contributed by atoms with van der Waals surface area (Å²) >= 11 is 0. The van der Waals surface area contributed by atoms with E-state index in [4.69, 9.17) is 10.5 Å². The molecule has 0 saturated heterocycles. The van der Waals surface area contributed by atoms with Gasteiger partial charge in [-0.05, 0) is 46.5 Å². The average molecular weight is 457 g/mol. The number of hydrogen-bond donors (Lipinski definition) is 3. The molecule has 1 unspecified atom stereocenters. The maximum atomic E-state index is 13.3. The number of nitrogens with two attached hydrogens (primary N) is 1. The Morgan fingerprint density at radius 2 is 1.68 bits per heavy atom. The molecule has 1 aromatic heterocycles. The lowest BCUT2D eigenvalue weighted by Crippen LogP contribution is -2.41. The normalized spacial score (nSPS) is 11.6. The van der Waals surface area contributed by atoms with Gasteiger partial charge in [0.15, 0.2) is 0 Å². The Hall–Kier alpha value is -4.43. The molecule has 4 N–H and O–H groups in total. The summed E-state index contributed by atoms with van der Waals surface area (Å²) in [6.07, 6.45) is 3.47. The number of anilines is 1. The van der Waals surface area contributed by atoms with E-state index in [2.05, 4.69) is 10.2 Å². The summed E-state index contributed by atoms with van der Waals surface area (Å²) < 4.78 is 5.20. The van der Waals surface area contributed by atoms with Gasteiger partial charge in [-0.15, -0.1) is 0 Å². The van der Waals surface area contributed by atoms with Crippen LogP contribution in [0.4, 0.5) is 5.69 Å². The molecule has 1 amide bonds. The molecule has 4 aromatic rings. The van der Waals surface area contributed by atoms with Crippen LogP contribution in [0.15, 0.2) is 85.2 Å². The number of hydrogen-bond acceptors (Lipinski definition) is 5. The molecule has 0 saturated carbocycles. The van der Waals surface area contributed by atoms with Gasteiger partial charge >= 0.3 is 5.97 Å². The number of rotatable bonds is 8. The molecule has 0 aliphatic heterocycles. The first-order chi connectivity index (χ1) is 16.5. The highest BCUT2D eigenvalue weighted by atomic mass is 16.5. The largest absolute Gasteiger partial charge is 0.497 e. The third-order valence-electron chi connectivity index (χ3n) is 5.51. The van der Waals surface area contributed by atoms with E-state index < -0.39 is 24.5 Å². The molecular weight excluding hydrogens is 432 g/mol. The number of nitrogens with zero attached hydrogens (tertiary/aromatic N) is 2. The smallest absolute Gasteiger partial charge is 0.323 e. The molecule has 0 radical (unpaired) electrons. The Bertz CT molecular complexity index is 1270. The highest BCUT2D eigenvalue weighted by Crippen LogP contribution is 2.28. The highest BCUT2D eigenvalue weighted by molar-refractivity contribution is 6.01. The highest BCUT2D eigenvalue weighted by Gasteiger charge is 2.26. The van der Waals surface area contributed by atoms with Crippen molar-refractivity contribution >= 4 is 17.6 Å². The Morgan fingerprint density at radius 3 is 2.29 bits per heavy atom. The van der Waals surface area contributed by atoms with Gasteiger partial charge in [-0.1, -0.05) is 48.5 Å². The zero-order chi connectivity index (χ0) is 24.1. The minimum Gasteiger partial charge on any atom is -0.497 e. The number of H-pyrrole nitrogens is 1. The number of carboxylic acid groups (broad SMARTS) is 1. The molecule has 1 atom stereocenters. The monoisotopic (exact) mass is 456 g/mol. The Morgan fingerprint density at radius 1 is 1.00 bits per heavy atom. The van der Waals surface area contributed by atoms with Gasteiger partial charge in [0.05, 0.1) is 13.3 Å². The van der Waals surface area contributed by atoms with Crippen LogP contribution in [0.5, 0.6) is 5.75 Å². The van der Waals surface area contributed by atoms with Crippen LogP contribution in [-0.4, -0.2) is 40.8 Å². The van der Waals surface area contributed by atoms with E-state index in [1.165, 1.54) is 4.90 Å². The molecule has 1 heterocycles. The van der Waals surface area contributed by atoms with Gasteiger partial charge < -0.3 is 15.6 Å². The molecule has 0 fully saturated rings. The standard InChI is InChI=1S/C26H24N4O4/c1-34-23-11-9-17(10-12-23)20-3-2-4-22(13-20)30(16-24(31)32)26(33)25(27)19-7-5-18(6-8-19)21-14-28-29-15-21/h2-15,25H,16,27H2,1H3,(H,28,29)(H,31,32). The number of amides is 1. The zero-order valence-electron chi connectivity index (χ0n) is 18.5. The number of carbonyl (C=O) groups excluding carboxylic acids is 1. The van der Waals surface area contributed by atoms with Gasteiger partial charge in [-0.3, -0.25) is 19.6 Å². The van der Waals surface area contributed by atoms with E-state index in [1.54, 1.807) is 49.8 Å². The molecule has 8 heteroatoms. The maximum Gasteiger partial charge on any atom is 0.323 e. The number of benzene rings is 3. The third-order valence-corrected chi connectivity index (χ3v) is 5.51. The first-order valence-electron chi connectivity index (χ1n) is 10.6. The van der Waals surface area contributed by atoms with Crippen molar-refractivity contribution < 1.29 is 19.4 Å². The molecule has 0 aliphatic rings. The fourth-order valence-corrected chi connectivity index (χ4v) is 3.67. The van der Waals surface area contributed by atoms with Crippen molar-refractivity contribution in [1.82, 2.24) is 10.2 Å². The fraction of sp³-hybridized carbons (Fsp3) is 0.115. The number of nitrogens with one attached hydrogen (secondary N) is 1. The third kappa shape index (κ3) is 4.97. The van der Waals surface area contributed by atoms with Crippen LogP contribution in [0.25, 0.3) is 22.3 Å². The summed E-state index contributed by atoms with van der Waals surface area (Å²) in [6.45, 7) is -0.508. The summed E-state index contributed by atoms with van der Waals surface area (Å²) in [5.74, 6) is -0.914. The van der Waals surface area contributed by atoms with E-state index in [1.807, 2.05) is 42.5 Å². The Labute approximate surface area is 196 Å². The van der Waals surface area contributed by atoms with Gasteiger partial charge in [-0.25, -0.2) is 0 Å². The van der Waals surface area contributed by atoms with Crippen molar-refractivity contribution in [3.8, 4) is 28.0 Å². The SMILES string of the molecule is COc1ccc(-c2cccc(N(CC(=O)O)C(=O)C(N)c3ccc(-c4cn[nH]c4)cc3)c2)cc1. The molecule has 0 aliphatic carbocycles. The summed E-state index contributed by atoms with van der Waals surface area (Å²) in [6, 6.07) is 20.8. The van der Waals surface area contributed by atoms with E-state index >= 15 is 0 Å². The second-order valence-corrected chi connectivity index (χ2v) is 7.68. The van der Waals surface area contributed by atoms with Crippen LogP contribution in [0.3, 0.4) is 0 Å². The van der Waals surface area contributed by atoms with Gasteiger partial charge in [-0.2, -0.15) is 5.10 Å². The summed E-state index contributed by atoms with van der Waals surface area (Å²) in [5.41, 5.74) is 10.9. The minimum atomic E-state index is -1.13. The van der Waals surface area contributed by atoms with Crippen LogP contribution >= 0.6 is 0 Å². The maximum absolute atomic E-state index is 13.3. The molecule has 0 spiro atoms. The van der Waals surface area contributed by atoms with Gasteiger partial charge in [0.25, 0.3) is 0 Å². The molecule has 8 nitrogen and oxygen atoms in total. The minimum absolute atomic E-state index is 0.450. The number of aliphatic carboxylic acids is 1. The predicted octanol–water partition coefficient (Wildman–Crippen LogP) is 3.87. The zero-order valence-corrected chi connectivity index (χ0v) is 18.5. The molecule has 4 rings (SSSR count). The van der Waals surface area contributed by atoms with Crippen molar-refractivity contribution in [2.45, 2.75) is 6.04 Å². The van der Waals surface area contributed by atoms with Gasteiger partial charge in [0.1, 0.15) is 18.3 Å². The number of aromatic nitrogens is 2. The first-order valence-corrected chi connectivity index (χ1v) is 10.6. The fourth-order valence-electron chi connectivity index (χ4n) is 3.67. The molecular formula is C26H24N4O4. The van der Waals surface area contributed by atoms with Crippen LogP contribution in [-0.2, 0) is 9.59 Å². The van der Waals surface area contributed by atoms with Crippen molar-refractivity contribution in [3.05, 3.63) is 90.8 Å². The number of methoxy groups -OCH3 is 1. The number of carbonyl (C=O) groups is 2. The second-order valence-electron chi connectivity index (χ2n) is 7.68. The lowest BCUT2D eigenvalue weighted by molar-refractivity contribution is -0.136. The Balaban J connectivity index is 1.61. The van der Waals surface area contributed by atoms with E-state index in [-0.39, 0.29) is 0 Å². The number of carboxylic acids is 1. The Kier molecular flexibility index (Phi) is 6.70. The van der Waals surface area contributed by atoms with Crippen molar-refractivity contribution in [1.29, 1.82) is 0 Å². The lowest BCUT2D eigenvalue weighted by Gasteiger charge is -2.25. The quantitative estimate of drug-likeness (QED) is 0.370. The first kappa shape index (κ1) is 22.8. The lowest BCUT2D eigenvalue weighted by atomic mass is 10.0. The molecule has 34 heavy (non-hydrogen) atoms. The van der Waals surface area contributed by atoms with Crippen LogP contribution < -0.4 is 15.4 Å². The molecule has 172 valence electrons. The number of ether oxygens (including phenoxy) is 1. The van der Waals surface area contributed by atoms with Crippen molar-refractivity contribution in [3.63, 3.8) is 0 Å². The second kappa shape index (κ2) is 10.0. The van der Waals surface area contributed by atoms with Crippen LogP contribution in [0, 0.1) is 0 Å². The van der Waals surface area contributed by atoms with Gasteiger partial charge in [0, 0.05) is 17.4 Å². The van der Waals surface area contributed by atoms with E-state index in [9.17, 15) is 14.7 Å². The number of aromatic amines is 1.